The highest BCUT2D eigenvalue weighted by Gasteiger charge is 2.09. The Bertz CT molecular complexity index is 927. The molecule has 25 heavy (non-hydrogen) atoms. The second kappa shape index (κ2) is 7.45. The summed E-state index contributed by atoms with van der Waals surface area (Å²) in [6, 6.07) is 22.3. The minimum atomic E-state index is -0.592. The van der Waals surface area contributed by atoms with E-state index in [1.807, 2.05) is 66.7 Å². The fraction of sp³-hybridized carbons (Fsp3) is 0.0476. The largest absolute Gasteiger partial charge is 0.423 e. The monoisotopic (exact) mass is 331 g/mol. The first-order chi connectivity index (χ1) is 12.1. The van der Waals surface area contributed by atoms with Crippen LogP contribution in [-0.4, -0.2) is 18.9 Å². The van der Waals surface area contributed by atoms with Gasteiger partial charge >= 0.3 is 5.97 Å². The molecule has 0 spiro atoms. The third-order valence-electron chi connectivity index (χ3n) is 3.80. The van der Waals surface area contributed by atoms with E-state index in [9.17, 15) is 9.59 Å². The topological polar surface area (TPSA) is 46.6 Å². The van der Waals surface area contributed by atoms with Crippen LogP contribution in [0.2, 0.25) is 0 Å². The molecule has 0 atom stereocenters. The SMILES string of the molecule is CN(C(=O)/C=C/C(=O)Oc1cccc2ccccc12)c1ccccc1. The third kappa shape index (κ3) is 3.93. The van der Waals surface area contributed by atoms with E-state index in [4.69, 9.17) is 4.74 Å². The average Bonchev–Trinajstić information content (AvgIpc) is 2.66. The zero-order valence-electron chi connectivity index (χ0n) is 13.8. The van der Waals surface area contributed by atoms with Crippen molar-refractivity contribution in [3.05, 3.63) is 84.9 Å². The van der Waals surface area contributed by atoms with Gasteiger partial charge in [-0.05, 0) is 23.6 Å². The van der Waals surface area contributed by atoms with Crippen LogP contribution >= 0.6 is 0 Å². The van der Waals surface area contributed by atoms with Crippen molar-refractivity contribution in [1.82, 2.24) is 0 Å². The van der Waals surface area contributed by atoms with Gasteiger partial charge in [-0.3, -0.25) is 4.79 Å². The fourth-order valence-corrected chi connectivity index (χ4v) is 2.46. The van der Waals surface area contributed by atoms with Crippen LogP contribution in [0.1, 0.15) is 0 Å². The number of hydrogen-bond acceptors (Lipinski definition) is 3. The number of nitrogens with zero attached hydrogens (tertiary/aromatic N) is 1. The molecule has 0 N–H and O–H groups in total. The van der Waals surface area contributed by atoms with Crippen LogP contribution in [0.15, 0.2) is 84.9 Å². The van der Waals surface area contributed by atoms with E-state index in [0.29, 0.717) is 5.75 Å². The van der Waals surface area contributed by atoms with Crippen molar-refractivity contribution in [3.8, 4) is 5.75 Å². The molecule has 4 nitrogen and oxygen atoms in total. The van der Waals surface area contributed by atoms with E-state index >= 15 is 0 Å². The van der Waals surface area contributed by atoms with Crippen molar-refractivity contribution in [3.63, 3.8) is 0 Å². The smallest absolute Gasteiger partial charge is 0.336 e. The van der Waals surface area contributed by atoms with Crippen molar-refractivity contribution in [2.24, 2.45) is 0 Å². The number of fused-ring (bicyclic) bond motifs is 1. The number of ether oxygens (including phenoxy) is 1. The lowest BCUT2D eigenvalue weighted by Crippen LogP contribution is -2.24. The van der Waals surface area contributed by atoms with Crippen LogP contribution in [0.5, 0.6) is 5.75 Å². The highest BCUT2D eigenvalue weighted by molar-refractivity contribution is 6.04. The molecule has 3 aromatic carbocycles. The minimum Gasteiger partial charge on any atom is -0.423 e. The number of para-hydroxylation sites is 1. The number of amides is 1. The first-order valence-corrected chi connectivity index (χ1v) is 7.85. The lowest BCUT2D eigenvalue weighted by atomic mass is 10.1. The predicted molar refractivity (Wildman–Crippen MR) is 98.6 cm³/mol. The van der Waals surface area contributed by atoms with Gasteiger partial charge < -0.3 is 9.64 Å². The van der Waals surface area contributed by atoms with E-state index in [1.165, 1.54) is 11.0 Å². The predicted octanol–water partition coefficient (Wildman–Crippen LogP) is 3.96. The quantitative estimate of drug-likeness (QED) is 0.413. The van der Waals surface area contributed by atoms with Gasteiger partial charge in [-0.1, -0.05) is 54.6 Å². The zero-order valence-corrected chi connectivity index (χ0v) is 13.8. The summed E-state index contributed by atoms with van der Waals surface area (Å²) in [4.78, 5) is 25.6. The lowest BCUT2D eigenvalue weighted by Gasteiger charge is -2.14. The number of carbonyl (C=O) groups excluding carboxylic acids is 2. The Hall–Kier alpha value is -3.40. The first kappa shape index (κ1) is 16.5. The summed E-state index contributed by atoms with van der Waals surface area (Å²) in [5.41, 5.74) is 0.750. The molecule has 0 aliphatic carbocycles. The van der Waals surface area contributed by atoms with Gasteiger partial charge in [0.15, 0.2) is 0 Å². The van der Waals surface area contributed by atoms with Crippen molar-refractivity contribution >= 4 is 28.3 Å². The number of benzene rings is 3. The molecule has 0 unspecified atom stereocenters. The molecule has 0 heterocycles. The average molecular weight is 331 g/mol. The Morgan fingerprint density at radius 2 is 1.52 bits per heavy atom. The molecule has 3 aromatic rings. The molecule has 0 saturated carbocycles. The molecule has 0 aliphatic rings. The van der Waals surface area contributed by atoms with Crippen LogP contribution in [0.3, 0.4) is 0 Å². The minimum absolute atomic E-state index is 0.305. The van der Waals surface area contributed by atoms with Gasteiger partial charge in [-0.15, -0.1) is 0 Å². The molecule has 0 saturated heterocycles. The van der Waals surface area contributed by atoms with Gasteiger partial charge in [0.2, 0.25) is 0 Å². The van der Waals surface area contributed by atoms with Crippen molar-refractivity contribution in [1.29, 1.82) is 0 Å². The van der Waals surface area contributed by atoms with Crippen LogP contribution < -0.4 is 9.64 Å². The highest BCUT2D eigenvalue weighted by Crippen LogP contribution is 2.25. The van der Waals surface area contributed by atoms with Gasteiger partial charge in [-0.2, -0.15) is 0 Å². The summed E-state index contributed by atoms with van der Waals surface area (Å²) in [6.07, 6.45) is 2.35. The second-order valence-corrected chi connectivity index (χ2v) is 5.46. The van der Waals surface area contributed by atoms with Crippen LogP contribution in [-0.2, 0) is 9.59 Å². The normalized spacial score (nSPS) is 10.8. The maximum Gasteiger partial charge on any atom is 0.336 e. The van der Waals surface area contributed by atoms with E-state index < -0.39 is 5.97 Å². The van der Waals surface area contributed by atoms with E-state index in [1.54, 1.807) is 13.1 Å². The van der Waals surface area contributed by atoms with E-state index in [-0.39, 0.29) is 5.91 Å². The number of anilines is 1. The summed E-state index contributed by atoms with van der Waals surface area (Å²) in [5, 5.41) is 1.83. The molecule has 0 aliphatic heterocycles. The molecule has 3 rings (SSSR count). The molecule has 0 fully saturated rings. The molecular weight excluding hydrogens is 314 g/mol. The van der Waals surface area contributed by atoms with Crippen LogP contribution in [0, 0.1) is 0 Å². The van der Waals surface area contributed by atoms with E-state index in [0.717, 1.165) is 22.5 Å². The number of esters is 1. The Labute approximate surface area is 146 Å². The number of rotatable bonds is 4. The Kier molecular flexibility index (Phi) is 4.90. The molecule has 0 aromatic heterocycles. The Balaban J connectivity index is 1.69. The second-order valence-electron chi connectivity index (χ2n) is 5.46. The van der Waals surface area contributed by atoms with Gasteiger partial charge in [0.25, 0.3) is 5.91 Å². The summed E-state index contributed by atoms with van der Waals surface area (Å²) >= 11 is 0. The van der Waals surface area contributed by atoms with E-state index in [2.05, 4.69) is 0 Å². The van der Waals surface area contributed by atoms with Gasteiger partial charge in [0.1, 0.15) is 5.75 Å². The maximum atomic E-state index is 12.1. The summed E-state index contributed by atoms with van der Waals surface area (Å²) in [5.74, 6) is -0.427. The maximum absolute atomic E-state index is 12.1. The number of carbonyl (C=O) groups is 2. The molecule has 4 heteroatoms. The van der Waals surface area contributed by atoms with Crippen LogP contribution in [0.4, 0.5) is 5.69 Å². The Morgan fingerprint density at radius 3 is 2.32 bits per heavy atom. The molecule has 124 valence electrons. The van der Waals surface area contributed by atoms with Gasteiger partial charge in [-0.25, -0.2) is 4.79 Å². The lowest BCUT2D eigenvalue weighted by molar-refractivity contribution is -0.129. The summed E-state index contributed by atoms with van der Waals surface area (Å²) in [6.45, 7) is 0. The van der Waals surface area contributed by atoms with Crippen molar-refractivity contribution in [2.45, 2.75) is 0 Å². The highest BCUT2D eigenvalue weighted by atomic mass is 16.5. The molecule has 1 amide bonds. The summed E-state index contributed by atoms with van der Waals surface area (Å²) in [7, 11) is 1.65. The molecular formula is C21H17NO3. The number of hydrogen-bond donors (Lipinski definition) is 0. The fourth-order valence-electron chi connectivity index (χ4n) is 2.46. The summed E-state index contributed by atoms with van der Waals surface area (Å²) < 4.78 is 5.37. The van der Waals surface area contributed by atoms with Crippen LogP contribution in [0.25, 0.3) is 10.8 Å². The van der Waals surface area contributed by atoms with Crippen molar-refractivity contribution in [2.75, 3.05) is 11.9 Å². The van der Waals surface area contributed by atoms with Gasteiger partial charge in [0, 0.05) is 30.3 Å². The zero-order chi connectivity index (χ0) is 17.6. The standard InChI is InChI=1S/C21H17NO3/c1-22(17-10-3-2-4-11-17)20(23)14-15-21(24)25-19-13-7-9-16-8-5-6-12-18(16)19/h2-15H,1H3/b15-14+. The molecule has 0 radical (unpaired) electrons. The Morgan fingerprint density at radius 1 is 0.840 bits per heavy atom. The van der Waals surface area contributed by atoms with Crippen molar-refractivity contribution < 1.29 is 14.3 Å². The first-order valence-electron chi connectivity index (χ1n) is 7.85. The third-order valence-corrected chi connectivity index (χ3v) is 3.80. The molecule has 0 bridgehead atoms. The van der Waals surface area contributed by atoms with Gasteiger partial charge in [0.05, 0.1) is 0 Å². The number of likely N-dealkylation sites (N-methyl/N-ethyl adjacent to an activating group) is 1.